The van der Waals surface area contributed by atoms with Crippen LogP contribution in [0, 0.1) is 11.3 Å². The number of aromatic amines is 1. The van der Waals surface area contributed by atoms with E-state index in [1.807, 2.05) is 6.07 Å². The molecule has 1 N–H and O–H groups in total. The van der Waals surface area contributed by atoms with Gasteiger partial charge >= 0.3 is 5.69 Å². The fraction of sp³-hybridized carbons (Fsp3) is 0.200. The maximum atomic E-state index is 12.1. The Kier molecular flexibility index (Phi) is 3.14. The molecule has 0 saturated carbocycles. The first-order valence-corrected chi connectivity index (χ1v) is 6.65. The van der Waals surface area contributed by atoms with Crippen molar-refractivity contribution in [2.45, 2.75) is 6.42 Å². The maximum absolute atomic E-state index is 12.1. The Bertz CT molecular complexity index is 1030. The van der Waals surface area contributed by atoms with Crippen LogP contribution in [0.3, 0.4) is 0 Å². The number of fused-ring (bicyclic) bond motifs is 1. The molecule has 0 spiro atoms. The summed E-state index contributed by atoms with van der Waals surface area (Å²) in [4.78, 5) is 31.3. The molecule has 0 aliphatic rings. The van der Waals surface area contributed by atoms with Gasteiger partial charge in [-0.25, -0.2) is 9.78 Å². The number of hydrogen-bond donors (Lipinski definition) is 1. The molecule has 110 valence electrons. The van der Waals surface area contributed by atoms with Crippen LogP contribution in [0.5, 0.6) is 0 Å². The molecular weight excluding hydrogens is 282 g/mol. The molecule has 2 heterocycles. The van der Waals surface area contributed by atoms with Gasteiger partial charge in [-0.05, 0) is 17.7 Å². The molecule has 0 aliphatic heterocycles. The number of aromatic nitrogens is 4. The summed E-state index contributed by atoms with van der Waals surface area (Å²) in [6.45, 7) is 0. The number of nitrogens with one attached hydrogen (secondary N) is 1. The van der Waals surface area contributed by atoms with Crippen LogP contribution in [0.4, 0.5) is 0 Å². The molecule has 22 heavy (non-hydrogen) atoms. The number of aryl methyl sites for hydroxylation is 1. The minimum atomic E-state index is -0.415. The number of hydrogen-bond acceptors (Lipinski definition) is 4. The molecule has 0 bridgehead atoms. The summed E-state index contributed by atoms with van der Waals surface area (Å²) in [6.07, 6.45) is 0.446. The first kappa shape index (κ1) is 13.8. The first-order chi connectivity index (χ1) is 10.5. The fourth-order valence-corrected chi connectivity index (χ4v) is 2.40. The van der Waals surface area contributed by atoms with E-state index < -0.39 is 11.2 Å². The summed E-state index contributed by atoms with van der Waals surface area (Å²) in [6, 6.07) is 9.25. The van der Waals surface area contributed by atoms with E-state index in [-0.39, 0.29) is 0 Å². The standard InChI is InChI=1S/C15H13N5O2/c1-19-13-12(14(21)20(2)15(19)22)17-11(18-13)7-9-4-3-5-10(6-9)8-16/h3-6H,7H2,1-2H3,(H,17,18). The first-order valence-electron chi connectivity index (χ1n) is 6.65. The van der Waals surface area contributed by atoms with Gasteiger partial charge in [-0.2, -0.15) is 5.26 Å². The number of imidazole rings is 1. The van der Waals surface area contributed by atoms with Crippen molar-refractivity contribution in [3.63, 3.8) is 0 Å². The number of benzene rings is 1. The van der Waals surface area contributed by atoms with E-state index >= 15 is 0 Å². The van der Waals surface area contributed by atoms with Crippen LogP contribution >= 0.6 is 0 Å². The van der Waals surface area contributed by atoms with E-state index in [1.165, 1.54) is 11.6 Å². The Morgan fingerprint density at radius 3 is 2.77 bits per heavy atom. The van der Waals surface area contributed by atoms with E-state index in [0.29, 0.717) is 29.0 Å². The monoisotopic (exact) mass is 295 g/mol. The molecule has 3 rings (SSSR count). The molecule has 0 unspecified atom stereocenters. The van der Waals surface area contributed by atoms with Crippen molar-refractivity contribution in [3.8, 4) is 6.07 Å². The quantitative estimate of drug-likeness (QED) is 0.741. The maximum Gasteiger partial charge on any atom is 0.332 e. The van der Waals surface area contributed by atoms with Crippen molar-refractivity contribution in [2.75, 3.05) is 0 Å². The van der Waals surface area contributed by atoms with Crippen LogP contribution in [0.1, 0.15) is 17.0 Å². The highest BCUT2D eigenvalue weighted by Gasteiger charge is 2.13. The number of nitrogens with zero attached hydrogens (tertiary/aromatic N) is 4. The van der Waals surface area contributed by atoms with Crippen molar-refractivity contribution in [3.05, 3.63) is 62.1 Å². The van der Waals surface area contributed by atoms with Crippen LogP contribution in [0.25, 0.3) is 11.2 Å². The predicted molar refractivity (Wildman–Crippen MR) is 80.5 cm³/mol. The van der Waals surface area contributed by atoms with Crippen molar-refractivity contribution >= 4 is 11.2 Å². The van der Waals surface area contributed by atoms with Gasteiger partial charge in [-0.3, -0.25) is 13.9 Å². The van der Waals surface area contributed by atoms with Crippen LogP contribution < -0.4 is 11.2 Å². The van der Waals surface area contributed by atoms with Gasteiger partial charge in [0.15, 0.2) is 5.65 Å². The van der Waals surface area contributed by atoms with Crippen LogP contribution in [-0.4, -0.2) is 19.1 Å². The Labute approximate surface area is 125 Å². The highest BCUT2D eigenvalue weighted by Crippen LogP contribution is 2.11. The van der Waals surface area contributed by atoms with Crippen molar-refractivity contribution in [1.29, 1.82) is 5.26 Å². The van der Waals surface area contributed by atoms with E-state index in [0.717, 1.165) is 10.1 Å². The normalized spacial score (nSPS) is 10.8. The van der Waals surface area contributed by atoms with Gasteiger partial charge in [-0.1, -0.05) is 12.1 Å². The lowest BCUT2D eigenvalue weighted by Crippen LogP contribution is -2.36. The Balaban J connectivity index is 2.12. The molecule has 7 heteroatoms. The van der Waals surface area contributed by atoms with Gasteiger partial charge in [0.2, 0.25) is 0 Å². The third-order valence-electron chi connectivity index (χ3n) is 3.57. The summed E-state index contributed by atoms with van der Waals surface area (Å²) in [5.74, 6) is 0.573. The highest BCUT2D eigenvalue weighted by molar-refractivity contribution is 5.69. The number of H-pyrrole nitrogens is 1. The van der Waals surface area contributed by atoms with E-state index in [9.17, 15) is 9.59 Å². The van der Waals surface area contributed by atoms with Gasteiger partial charge in [0.1, 0.15) is 11.3 Å². The van der Waals surface area contributed by atoms with Gasteiger partial charge in [0.25, 0.3) is 5.56 Å². The zero-order chi connectivity index (χ0) is 15.9. The Morgan fingerprint density at radius 1 is 1.27 bits per heavy atom. The van der Waals surface area contributed by atoms with Gasteiger partial charge in [0, 0.05) is 20.5 Å². The Hall–Kier alpha value is -3.14. The minimum absolute atomic E-state index is 0.302. The Morgan fingerprint density at radius 2 is 2.05 bits per heavy atom. The summed E-state index contributed by atoms with van der Waals surface area (Å²) < 4.78 is 2.38. The average molecular weight is 295 g/mol. The fourth-order valence-electron chi connectivity index (χ4n) is 2.40. The molecule has 2 aromatic heterocycles. The van der Waals surface area contributed by atoms with E-state index in [4.69, 9.17) is 5.26 Å². The minimum Gasteiger partial charge on any atom is -0.336 e. The summed E-state index contributed by atoms with van der Waals surface area (Å²) in [5.41, 5.74) is 1.29. The van der Waals surface area contributed by atoms with Gasteiger partial charge < -0.3 is 4.98 Å². The second-order valence-corrected chi connectivity index (χ2v) is 5.08. The van der Waals surface area contributed by atoms with Gasteiger partial charge in [-0.15, -0.1) is 0 Å². The molecule has 0 aliphatic carbocycles. The average Bonchev–Trinajstić information content (AvgIpc) is 2.95. The summed E-state index contributed by atoms with van der Waals surface area (Å²) >= 11 is 0. The molecule has 0 atom stereocenters. The third kappa shape index (κ3) is 2.11. The number of nitriles is 1. The van der Waals surface area contributed by atoms with Crippen LogP contribution in [0.15, 0.2) is 33.9 Å². The summed E-state index contributed by atoms with van der Waals surface area (Å²) in [7, 11) is 3.01. The summed E-state index contributed by atoms with van der Waals surface area (Å²) in [5, 5.41) is 8.92. The molecule has 0 saturated heterocycles. The smallest absolute Gasteiger partial charge is 0.332 e. The molecule has 3 aromatic rings. The lowest BCUT2D eigenvalue weighted by molar-refractivity contribution is 0.708. The van der Waals surface area contributed by atoms with E-state index in [1.54, 1.807) is 25.2 Å². The zero-order valence-electron chi connectivity index (χ0n) is 12.1. The largest absolute Gasteiger partial charge is 0.336 e. The van der Waals surface area contributed by atoms with E-state index in [2.05, 4.69) is 16.0 Å². The second-order valence-electron chi connectivity index (χ2n) is 5.08. The lowest BCUT2D eigenvalue weighted by atomic mass is 10.1. The SMILES string of the molecule is Cn1c(=O)c2[nH]c(Cc3cccc(C#N)c3)nc2n(C)c1=O. The number of rotatable bonds is 2. The molecule has 7 nitrogen and oxygen atoms in total. The van der Waals surface area contributed by atoms with Crippen molar-refractivity contribution < 1.29 is 0 Å². The molecule has 0 radical (unpaired) electrons. The topological polar surface area (TPSA) is 96.5 Å². The van der Waals surface area contributed by atoms with Crippen LogP contribution in [-0.2, 0) is 20.5 Å². The molecular formula is C15H13N5O2. The van der Waals surface area contributed by atoms with Gasteiger partial charge in [0.05, 0.1) is 11.6 Å². The zero-order valence-corrected chi connectivity index (χ0v) is 12.1. The van der Waals surface area contributed by atoms with Crippen LogP contribution in [0.2, 0.25) is 0 Å². The highest BCUT2D eigenvalue weighted by atomic mass is 16.2. The lowest BCUT2D eigenvalue weighted by Gasteiger charge is -2.00. The predicted octanol–water partition coefficient (Wildman–Crippen LogP) is 0.423. The second kappa shape index (κ2) is 5.00. The molecule has 0 amide bonds. The third-order valence-corrected chi connectivity index (χ3v) is 3.57. The van der Waals surface area contributed by atoms with Crippen molar-refractivity contribution in [1.82, 2.24) is 19.1 Å². The molecule has 0 fully saturated rings. The van der Waals surface area contributed by atoms with Crippen molar-refractivity contribution in [2.24, 2.45) is 14.1 Å². The molecule has 1 aromatic carbocycles.